The van der Waals surface area contributed by atoms with E-state index in [2.05, 4.69) is 10.4 Å². The number of carbonyl (C=O) groups is 1. The third kappa shape index (κ3) is 2.62. The van der Waals surface area contributed by atoms with Crippen molar-refractivity contribution in [2.45, 2.75) is 45.7 Å². The van der Waals surface area contributed by atoms with E-state index in [9.17, 15) is 9.59 Å². The highest BCUT2D eigenvalue weighted by molar-refractivity contribution is 5.89. The number of carbonyl (C=O) groups excluding carboxylic acids is 1. The molecule has 2 heterocycles. The molecule has 26 heavy (non-hydrogen) atoms. The zero-order chi connectivity index (χ0) is 18.4. The van der Waals surface area contributed by atoms with Gasteiger partial charge in [0.2, 0.25) is 5.91 Å². The van der Waals surface area contributed by atoms with Gasteiger partial charge in [0, 0.05) is 22.8 Å². The highest BCUT2D eigenvalue weighted by Crippen LogP contribution is 2.27. The molecule has 3 aromatic rings. The van der Waals surface area contributed by atoms with Gasteiger partial charge in [-0.05, 0) is 45.7 Å². The molecule has 0 aliphatic heterocycles. The zero-order valence-electron chi connectivity index (χ0n) is 15.2. The Kier molecular flexibility index (Phi) is 3.90. The van der Waals surface area contributed by atoms with Gasteiger partial charge < -0.3 is 9.88 Å². The summed E-state index contributed by atoms with van der Waals surface area (Å²) in [6.45, 7) is 5.71. The van der Waals surface area contributed by atoms with E-state index < -0.39 is 0 Å². The standard InChI is InChI=1S/C20H22N4O2/c1-12-17-11-21-24(16-7-5-4-6-8-16)20(26)18(17)13(2)23(12)14(3)19(25)22-15-9-10-15/h4-8,11,14-15H,9-10H2,1-3H3,(H,22,25)/t14-/m0/s1. The molecule has 0 saturated heterocycles. The number of aromatic nitrogens is 3. The molecule has 6 heteroatoms. The van der Waals surface area contributed by atoms with Gasteiger partial charge in [-0.3, -0.25) is 9.59 Å². The van der Waals surface area contributed by atoms with Crippen molar-refractivity contribution in [1.29, 1.82) is 0 Å². The smallest absolute Gasteiger partial charge is 0.281 e. The topological polar surface area (TPSA) is 68.9 Å². The van der Waals surface area contributed by atoms with E-state index >= 15 is 0 Å². The van der Waals surface area contributed by atoms with Crippen molar-refractivity contribution in [1.82, 2.24) is 19.7 Å². The minimum Gasteiger partial charge on any atom is -0.352 e. The molecule has 0 radical (unpaired) electrons. The van der Waals surface area contributed by atoms with Crippen molar-refractivity contribution >= 4 is 16.7 Å². The molecule has 2 aromatic heterocycles. The maximum absolute atomic E-state index is 13.1. The van der Waals surface area contributed by atoms with Gasteiger partial charge in [0.1, 0.15) is 6.04 Å². The number of nitrogens with one attached hydrogen (secondary N) is 1. The van der Waals surface area contributed by atoms with E-state index in [1.54, 1.807) is 6.20 Å². The summed E-state index contributed by atoms with van der Waals surface area (Å²) in [7, 11) is 0. The van der Waals surface area contributed by atoms with Gasteiger partial charge in [0.15, 0.2) is 0 Å². The first-order chi connectivity index (χ1) is 12.5. The fourth-order valence-corrected chi connectivity index (χ4v) is 3.58. The second-order valence-electron chi connectivity index (χ2n) is 6.99. The number of para-hydroxylation sites is 1. The lowest BCUT2D eigenvalue weighted by Gasteiger charge is -2.17. The van der Waals surface area contributed by atoms with Crippen LogP contribution in [-0.4, -0.2) is 26.3 Å². The van der Waals surface area contributed by atoms with Crippen LogP contribution >= 0.6 is 0 Å². The molecule has 1 N–H and O–H groups in total. The van der Waals surface area contributed by atoms with Gasteiger partial charge in [-0.15, -0.1) is 0 Å². The summed E-state index contributed by atoms with van der Waals surface area (Å²) in [5.41, 5.74) is 2.25. The number of amides is 1. The summed E-state index contributed by atoms with van der Waals surface area (Å²) in [5, 5.41) is 8.80. The van der Waals surface area contributed by atoms with Crippen molar-refractivity contribution in [2.75, 3.05) is 0 Å². The van der Waals surface area contributed by atoms with Crippen LogP contribution in [0.5, 0.6) is 0 Å². The molecule has 0 spiro atoms. The average Bonchev–Trinajstić information content (AvgIpc) is 3.41. The first-order valence-electron chi connectivity index (χ1n) is 8.94. The summed E-state index contributed by atoms with van der Waals surface area (Å²) in [6, 6.07) is 9.30. The van der Waals surface area contributed by atoms with Gasteiger partial charge >= 0.3 is 0 Å². The van der Waals surface area contributed by atoms with Gasteiger partial charge in [0.25, 0.3) is 5.56 Å². The van der Waals surface area contributed by atoms with Crippen molar-refractivity contribution < 1.29 is 4.79 Å². The fraction of sp³-hybridized carbons (Fsp3) is 0.350. The highest BCUT2D eigenvalue weighted by atomic mass is 16.2. The Hall–Kier alpha value is -2.89. The van der Waals surface area contributed by atoms with E-state index in [0.29, 0.717) is 11.4 Å². The molecular formula is C20H22N4O2. The zero-order valence-corrected chi connectivity index (χ0v) is 15.2. The molecule has 0 unspecified atom stereocenters. The van der Waals surface area contributed by atoms with Crippen LogP contribution in [0.25, 0.3) is 16.5 Å². The minimum absolute atomic E-state index is 0.00431. The van der Waals surface area contributed by atoms with E-state index in [0.717, 1.165) is 35.3 Å². The summed E-state index contributed by atoms with van der Waals surface area (Å²) < 4.78 is 3.36. The van der Waals surface area contributed by atoms with Crippen molar-refractivity contribution in [2.24, 2.45) is 0 Å². The first-order valence-corrected chi connectivity index (χ1v) is 8.94. The molecule has 1 atom stereocenters. The molecule has 1 amide bonds. The number of aryl methyl sites for hydroxylation is 2. The number of hydrogen-bond donors (Lipinski definition) is 1. The molecule has 4 rings (SSSR count). The molecule has 134 valence electrons. The largest absolute Gasteiger partial charge is 0.352 e. The van der Waals surface area contributed by atoms with Crippen LogP contribution in [0.15, 0.2) is 41.3 Å². The van der Waals surface area contributed by atoms with Crippen LogP contribution in [0.1, 0.15) is 37.2 Å². The average molecular weight is 350 g/mol. The Balaban J connectivity index is 1.85. The Labute approximate surface area is 151 Å². The maximum Gasteiger partial charge on any atom is 0.281 e. The predicted octanol–water partition coefficient (Wildman–Crippen LogP) is 2.64. The third-order valence-electron chi connectivity index (χ3n) is 5.14. The highest BCUT2D eigenvalue weighted by Gasteiger charge is 2.28. The lowest BCUT2D eigenvalue weighted by molar-refractivity contribution is -0.124. The monoisotopic (exact) mass is 350 g/mol. The second kappa shape index (κ2) is 6.12. The minimum atomic E-state index is -0.368. The second-order valence-corrected chi connectivity index (χ2v) is 6.99. The van der Waals surface area contributed by atoms with Crippen LogP contribution in [0.4, 0.5) is 0 Å². The quantitative estimate of drug-likeness (QED) is 0.786. The number of nitrogens with zero attached hydrogens (tertiary/aromatic N) is 3. The third-order valence-corrected chi connectivity index (χ3v) is 5.14. The predicted molar refractivity (Wildman–Crippen MR) is 101 cm³/mol. The molecule has 1 aromatic carbocycles. The lowest BCUT2D eigenvalue weighted by atomic mass is 10.2. The molecule has 1 aliphatic carbocycles. The van der Waals surface area contributed by atoms with E-state index in [1.807, 2.05) is 55.7 Å². The molecule has 1 saturated carbocycles. The number of hydrogen-bond acceptors (Lipinski definition) is 3. The van der Waals surface area contributed by atoms with Crippen molar-refractivity contribution in [3.05, 3.63) is 58.3 Å². The Bertz CT molecular complexity index is 1050. The van der Waals surface area contributed by atoms with Gasteiger partial charge in [-0.25, -0.2) is 0 Å². The first kappa shape index (κ1) is 16.6. The molecule has 1 fully saturated rings. The van der Waals surface area contributed by atoms with Crippen molar-refractivity contribution in [3.63, 3.8) is 0 Å². The van der Waals surface area contributed by atoms with Crippen LogP contribution < -0.4 is 10.9 Å². The Morgan fingerprint density at radius 1 is 1.19 bits per heavy atom. The summed E-state index contributed by atoms with van der Waals surface area (Å²) in [6.07, 6.45) is 3.82. The van der Waals surface area contributed by atoms with E-state index in [-0.39, 0.29) is 17.5 Å². The van der Waals surface area contributed by atoms with Crippen LogP contribution in [0, 0.1) is 13.8 Å². The number of rotatable bonds is 4. The van der Waals surface area contributed by atoms with E-state index in [1.165, 1.54) is 4.68 Å². The lowest BCUT2D eigenvalue weighted by Crippen LogP contribution is -2.33. The molecular weight excluding hydrogens is 328 g/mol. The van der Waals surface area contributed by atoms with Crippen LogP contribution in [-0.2, 0) is 4.79 Å². The van der Waals surface area contributed by atoms with E-state index in [4.69, 9.17) is 0 Å². The maximum atomic E-state index is 13.1. The number of fused-ring (bicyclic) bond motifs is 1. The normalized spacial score (nSPS) is 15.2. The van der Waals surface area contributed by atoms with Crippen molar-refractivity contribution in [3.8, 4) is 5.69 Å². The molecule has 1 aliphatic rings. The summed E-state index contributed by atoms with van der Waals surface area (Å²) >= 11 is 0. The number of benzene rings is 1. The summed E-state index contributed by atoms with van der Waals surface area (Å²) in [5.74, 6) is -0.00431. The fourth-order valence-electron chi connectivity index (χ4n) is 3.58. The van der Waals surface area contributed by atoms with Crippen LogP contribution in [0.2, 0.25) is 0 Å². The Morgan fingerprint density at radius 2 is 1.88 bits per heavy atom. The molecule has 0 bridgehead atoms. The SMILES string of the molecule is Cc1c2cnn(-c3ccccc3)c(=O)c2c(C)n1[C@@H](C)C(=O)NC1CC1. The van der Waals surface area contributed by atoms with Gasteiger partial charge in [0.05, 0.1) is 17.3 Å². The van der Waals surface area contributed by atoms with Gasteiger partial charge in [-0.2, -0.15) is 9.78 Å². The Morgan fingerprint density at radius 3 is 2.54 bits per heavy atom. The summed E-state index contributed by atoms with van der Waals surface area (Å²) in [4.78, 5) is 25.6. The molecule has 6 nitrogen and oxygen atoms in total. The van der Waals surface area contributed by atoms with Gasteiger partial charge in [-0.1, -0.05) is 18.2 Å². The van der Waals surface area contributed by atoms with Crippen LogP contribution in [0.3, 0.4) is 0 Å².